The van der Waals surface area contributed by atoms with E-state index >= 15 is 0 Å². The molecule has 0 bridgehead atoms. The normalized spacial score (nSPS) is 14.2. The number of anilines is 9. The first kappa shape index (κ1) is 80.6. The summed E-state index contributed by atoms with van der Waals surface area (Å²) in [4.78, 5) is 8.14. The number of rotatable bonds is 11. The maximum absolute atomic E-state index is 8.47. The summed E-state index contributed by atoms with van der Waals surface area (Å²) < 4.78 is 8.47. The van der Waals surface area contributed by atoms with E-state index < -0.39 is 0 Å². The van der Waals surface area contributed by atoms with E-state index in [1.807, 2.05) is 0 Å². The number of para-hydroxylation sites is 2. The van der Waals surface area contributed by atoms with E-state index in [-0.39, 0.29) is 40.5 Å². The zero-order chi connectivity index (χ0) is 89.8. The summed E-state index contributed by atoms with van der Waals surface area (Å²) in [7, 11) is 0. The molecule has 4 aliphatic heterocycles. The fourth-order valence-corrected chi connectivity index (χ4v) is 23.3. The van der Waals surface area contributed by atoms with Gasteiger partial charge in [-0.05, 0) is 239 Å². The highest BCUT2D eigenvalue weighted by Crippen LogP contribution is 2.61. The van der Waals surface area contributed by atoms with E-state index in [0.717, 1.165) is 151 Å². The van der Waals surface area contributed by atoms with Crippen LogP contribution in [0.2, 0.25) is 0 Å². The molecule has 0 unspecified atom stereocenters. The Morgan fingerprint density at radius 3 is 0.856 bits per heavy atom. The predicted octanol–water partition coefficient (Wildman–Crippen LogP) is 30.0. The van der Waals surface area contributed by atoms with Gasteiger partial charge in [-0.25, -0.2) is 0 Å². The van der Waals surface area contributed by atoms with Crippen molar-refractivity contribution in [2.45, 2.75) is 117 Å². The molecule has 0 fully saturated rings. The average Bonchev–Trinajstić information content (AvgIpc) is 0.686. The number of ether oxygens (including phenoxy) is 1. The van der Waals surface area contributed by atoms with Crippen molar-refractivity contribution in [2.24, 2.45) is 0 Å². The minimum Gasteiger partial charge on any atom is -0.458 e. The van der Waals surface area contributed by atoms with Crippen molar-refractivity contribution in [3.63, 3.8) is 0 Å². The lowest BCUT2D eigenvalue weighted by atomic mass is 9.30. The topological polar surface area (TPSA) is 19.0 Å². The van der Waals surface area contributed by atoms with Crippen LogP contribution in [0.4, 0.5) is 51.2 Å². The lowest BCUT2D eigenvalue weighted by Gasteiger charge is -2.47. The minimum atomic E-state index is -0.377. The summed E-state index contributed by atoms with van der Waals surface area (Å²) in [6.07, 6.45) is 0. The fraction of sp³-hybridized carbons (Fsp3) is 0.143. The van der Waals surface area contributed by atoms with Crippen LogP contribution in [0.1, 0.15) is 129 Å². The van der Waals surface area contributed by atoms with Crippen LogP contribution in [0.3, 0.4) is 0 Å². The number of fused-ring (bicyclic) bond motifs is 14. The quantitative estimate of drug-likeness (QED) is 0.120. The molecule has 132 heavy (non-hydrogen) atoms. The Morgan fingerprint density at radius 1 is 0.212 bits per heavy atom. The largest absolute Gasteiger partial charge is 0.458 e. The first-order chi connectivity index (χ1) is 63.9. The molecule has 0 N–H and O–H groups in total. The Balaban J connectivity index is 0.858. The maximum atomic E-state index is 8.47. The van der Waals surface area contributed by atoms with E-state index in [0.29, 0.717) is 0 Å². The molecule has 0 atom stereocenters. The predicted molar refractivity (Wildman–Crippen MR) is 561 cm³/mol. The molecule has 0 radical (unpaired) electrons. The number of hydrogen-bond acceptors (Lipinski definition) is 4. The third-order valence-electron chi connectivity index (χ3n) is 29.7. The molecule has 2 aliphatic carbocycles. The van der Waals surface area contributed by atoms with Crippen LogP contribution in [-0.2, 0) is 27.1 Å². The summed E-state index contributed by atoms with van der Waals surface area (Å²) in [6, 6.07) is 149. The van der Waals surface area contributed by atoms with Gasteiger partial charge in [-0.1, -0.05) is 399 Å². The molecule has 0 saturated heterocycles. The SMILES string of the molecule is CC(C)(C)c1cc(-c2ccccc2)c(N2c3ccccc3B3c4cc5c(cc4Oc4cc(-c6cccc7c6C(C)(C)c6ccccc6-7)cc2c43)N(c2c(-c3ccccc3)cc(C(C)(C)C)cc2-c2ccccc2)c2cc(-c3cccc4c3C(C)(C)c3ccccc3-4)cc3c2B5c2ccccc2N3c2c(-c3ccccc3)cc(C(C)(C)C)cc2-c2ccccc2)c(-c2ccccc2)c1. The third-order valence-corrected chi connectivity index (χ3v) is 29.7. The van der Waals surface area contributed by atoms with Crippen LogP contribution < -0.4 is 52.2 Å². The zero-order valence-electron chi connectivity index (χ0n) is 77.4. The molecule has 0 aromatic heterocycles. The summed E-state index contributed by atoms with van der Waals surface area (Å²) in [6.45, 7) is 30.3. The molecular formula is C126H103B2N3O. The van der Waals surface area contributed by atoms with Crippen LogP contribution in [0.5, 0.6) is 11.5 Å². The van der Waals surface area contributed by atoms with Crippen LogP contribution in [0.25, 0.3) is 111 Å². The Bertz CT molecular complexity index is 7600. The van der Waals surface area contributed by atoms with Gasteiger partial charge in [-0.2, -0.15) is 0 Å². The molecule has 18 aromatic rings. The molecule has 634 valence electrons. The van der Waals surface area contributed by atoms with Crippen molar-refractivity contribution < 1.29 is 4.74 Å². The van der Waals surface area contributed by atoms with Crippen molar-refractivity contribution in [2.75, 3.05) is 14.7 Å². The van der Waals surface area contributed by atoms with Gasteiger partial charge in [-0.15, -0.1) is 0 Å². The summed E-state index contributed by atoms with van der Waals surface area (Å²) in [5.41, 5.74) is 48.1. The Kier molecular flexibility index (Phi) is 18.3. The van der Waals surface area contributed by atoms with Gasteiger partial charge in [-0.3, -0.25) is 0 Å². The van der Waals surface area contributed by atoms with Crippen molar-refractivity contribution in [1.29, 1.82) is 0 Å². The van der Waals surface area contributed by atoms with Crippen LogP contribution in [-0.4, -0.2) is 13.4 Å². The van der Waals surface area contributed by atoms with Crippen molar-refractivity contribution in [3.05, 3.63) is 427 Å². The van der Waals surface area contributed by atoms with Gasteiger partial charge < -0.3 is 19.4 Å². The van der Waals surface area contributed by atoms with Crippen LogP contribution >= 0.6 is 0 Å². The zero-order valence-corrected chi connectivity index (χ0v) is 77.4. The first-order valence-electron chi connectivity index (χ1n) is 47.1. The Morgan fingerprint density at radius 2 is 0.500 bits per heavy atom. The van der Waals surface area contributed by atoms with Crippen molar-refractivity contribution >= 4 is 97.4 Å². The smallest absolute Gasteiger partial charge is 0.256 e. The molecule has 18 aromatic carbocycles. The van der Waals surface area contributed by atoms with E-state index in [1.54, 1.807) is 0 Å². The van der Waals surface area contributed by atoms with Gasteiger partial charge in [0.15, 0.2) is 0 Å². The summed E-state index contributed by atoms with van der Waals surface area (Å²) >= 11 is 0. The van der Waals surface area contributed by atoms with Crippen LogP contribution in [0, 0.1) is 0 Å². The highest BCUT2D eigenvalue weighted by Gasteiger charge is 2.51. The molecule has 4 heterocycles. The average molecular weight is 1700 g/mol. The Labute approximate surface area is 778 Å². The van der Waals surface area contributed by atoms with Gasteiger partial charge in [0, 0.05) is 84.4 Å². The number of hydrogen-bond donors (Lipinski definition) is 0. The second kappa shape index (κ2) is 29.9. The van der Waals surface area contributed by atoms with Gasteiger partial charge in [0.2, 0.25) is 0 Å². The van der Waals surface area contributed by atoms with Crippen LogP contribution in [0.15, 0.2) is 388 Å². The molecule has 6 heteroatoms. The second-order valence-corrected chi connectivity index (χ2v) is 41.4. The molecule has 0 amide bonds. The van der Waals surface area contributed by atoms with Gasteiger partial charge >= 0.3 is 0 Å². The summed E-state index contributed by atoms with van der Waals surface area (Å²) in [5.74, 6) is 1.65. The lowest BCUT2D eigenvalue weighted by Crippen LogP contribution is -2.64. The summed E-state index contributed by atoms with van der Waals surface area (Å²) in [5, 5.41) is 0. The fourth-order valence-electron chi connectivity index (χ4n) is 23.3. The van der Waals surface area contributed by atoms with E-state index in [1.165, 1.54) is 94.2 Å². The minimum absolute atomic E-state index is 0.205. The number of nitrogens with zero attached hydrogens (tertiary/aromatic N) is 3. The van der Waals surface area contributed by atoms with Crippen molar-refractivity contribution in [3.8, 4) is 123 Å². The first-order valence-corrected chi connectivity index (χ1v) is 47.1. The Hall–Kier alpha value is -14.7. The van der Waals surface area contributed by atoms with Gasteiger partial charge in [0.25, 0.3) is 13.4 Å². The highest BCUT2D eigenvalue weighted by atomic mass is 16.5. The lowest BCUT2D eigenvalue weighted by molar-refractivity contribution is 0.488. The molecule has 0 saturated carbocycles. The molecule has 4 nitrogen and oxygen atoms in total. The molecule has 0 spiro atoms. The second-order valence-electron chi connectivity index (χ2n) is 41.4. The van der Waals surface area contributed by atoms with E-state index in [2.05, 4.69) is 493 Å². The number of benzene rings is 18. The van der Waals surface area contributed by atoms with Crippen molar-refractivity contribution in [1.82, 2.24) is 0 Å². The molecule has 24 rings (SSSR count). The van der Waals surface area contributed by atoms with Gasteiger partial charge in [0.05, 0.1) is 17.1 Å². The maximum Gasteiger partial charge on any atom is 0.256 e. The highest BCUT2D eigenvalue weighted by molar-refractivity contribution is 7.02. The third kappa shape index (κ3) is 12.5. The molecule has 6 aliphatic rings. The van der Waals surface area contributed by atoms with Gasteiger partial charge in [0.1, 0.15) is 11.5 Å². The standard InChI is InChI=1S/C126H103B2N3O/c1-122(2,3)86-70-95(78-42-20-14-21-43-78)119(96(71-86)79-44-22-15-23-45-79)129-107-64-38-36-62-103(107)127-105-76-106-113(77-109(105)131(121-99(82-50-28-18-29-51-82)74-88(124(7,8)9)75-100(121)83-52-30-19-31-53-83)111-67-84(66-110(129)117(111)127)89-56-40-58-93-91-54-32-34-60-101(91)125(10,11)115(89)93)132-114-69-85(90-57-41-59-94-92-55-33-35-61-102(92)126(12,13)116(90)94)68-112-118(114)128(106)104-63-37-39-65-108(104)130(112)120-97(80-46-24-16-25-47-80)72-87(123(4,5)6)73-98(120)81-48-26-17-27-49-81/h14-77H,1-13H3. The molecular weight excluding hydrogens is 1590 g/mol. The monoisotopic (exact) mass is 1700 g/mol. The van der Waals surface area contributed by atoms with E-state index in [4.69, 9.17) is 4.74 Å². The van der Waals surface area contributed by atoms with E-state index in [9.17, 15) is 0 Å².